The summed E-state index contributed by atoms with van der Waals surface area (Å²) in [6, 6.07) is 5.60. The smallest absolute Gasteiger partial charge is 0.422 e. The number of rotatable bonds is 14. The molecule has 1 fully saturated rings. The minimum atomic E-state index is -4.60. The maximum atomic E-state index is 12.8. The van der Waals surface area contributed by atoms with Crippen LogP contribution in [0.3, 0.4) is 0 Å². The molecule has 0 saturated heterocycles. The molecule has 2 amide bonds. The number of hydrogen-bond donors (Lipinski definition) is 4. The second-order valence-corrected chi connectivity index (χ2v) is 13.6. The predicted octanol–water partition coefficient (Wildman–Crippen LogP) is 4.71. The Hall–Kier alpha value is -3.92. The van der Waals surface area contributed by atoms with Crippen molar-refractivity contribution < 1.29 is 35.9 Å². The number of carbonyl (C=O) groups excluding carboxylic acids is 2. The minimum absolute atomic E-state index is 0.0372. The molecule has 0 aliphatic heterocycles. The van der Waals surface area contributed by atoms with E-state index in [-0.39, 0.29) is 31.3 Å². The third-order valence-corrected chi connectivity index (χ3v) is 9.01. The summed E-state index contributed by atoms with van der Waals surface area (Å²) in [6.07, 6.45) is 2.29. The van der Waals surface area contributed by atoms with Crippen LogP contribution in [-0.2, 0) is 14.8 Å². The van der Waals surface area contributed by atoms with Crippen molar-refractivity contribution in [3.63, 3.8) is 0 Å². The van der Waals surface area contributed by atoms with Crippen molar-refractivity contribution in [3.05, 3.63) is 52.6 Å². The van der Waals surface area contributed by atoms with Gasteiger partial charge in [0.05, 0.1) is 10.8 Å². The zero-order valence-corrected chi connectivity index (χ0v) is 26.1. The van der Waals surface area contributed by atoms with Gasteiger partial charge in [-0.3, -0.25) is 14.3 Å². The SMILES string of the molecule is CC(C)S(=O)(=O)NC(=O)CCCNC(=O)c1ccc(Nc2nc(NC3(C4=CC=C(Cl)CC4)CC3)nc(OCC(F)(F)F)n2)cc1. The molecule has 1 saturated carbocycles. The number of halogens is 4. The van der Waals surface area contributed by atoms with Gasteiger partial charge in [-0.1, -0.05) is 17.7 Å². The zero-order chi connectivity index (χ0) is 32.8. The minimum Gasteiger partial charge on any atom is -0.454 e. The van der Waals surface area contributed by atoms with E-state index in [0.29, 0.717) is 17.7 Å². The van der Waals surface area contributed by atoms with E-state index in [2.05, 4.69) is 30.9 Å². The molecular formula is C28H33ClF3N7O5S. The highest BCUT2D eigenvalue weighted by molar-refractivity contribution is 7.90. The number of amides is 2. The molecule has 1 aromatic heterocycles. The fourth-order valence-corrected chi connectivity index (χ4v) is 5.08. The van der Waals surface area contributed by atoms with Gasteiger partial charge >= 0.3 is 12.2 Å². The van der Waals surface area contributed by atoms with Crippen molar-refractivity contribution in [2.45, 2.75) is 69.3 Å². The molecule has 244 valence electrons. The Balaban J connectivity index is 1.38. The van der Waals surface area contributed by atoms with Gasteiger partial charge in [0.15, 0.2) is 6.61 Å². The number of hydrogen-bond acceptors (Lipinski definition) is 10. The van der Waals surface area contributed by atoms with E-state index in [1.807, 2.05) is 16.9 Å². The van der Waals surface area contributed by atoms with Crippen LogP contribution in [0.5, 0.6) is 6.01 Å². The van der Waals surface area contributed by atoms with Crippen LogP contribution in [0.25, 0.3) is 0 Å². The summed E-state index contributed by atoms with van der Waals surface area (Å²) < 4.78 is 68.8. The molecule has 4 rings (SSSR count). The van der Waals surface area contributed by atoms with E-state index in [0.717, 1.165) is 29.9 Å². The quantitative estimate of drug-likeness (QED) is 0.207. The molecule has 0 atom stereocenters. The Bertz CT molecular complexity index is 1580. The van der Waals surface area contributed by atoms with Crippen molar-refractivity contribution in [2.75, 3.05) is 23.8 Å². The highest BCUT2D eigenvalue weighted by Gasteiger charge is 2.46. The van der Waals surface area contributed by atoms with Crippen LogP contribution in [0.4, 0.5) is 30.8 Å². The van der Waals surface area contributed by atoms with Gasteiger partial charge in [0, 0.05) is 29.2 Å². The highest BCUT2D eigenvalue weighted by Crippen LogP contribution is 2.48. The Labute approximate surface area is 263 Å². The van der Waals surface area contributed by atoms with Crippen molar-refractivity contribution in [1.29, 1.82) is 0 Å². The van der Waals surface area contributed by atoms with E-state index in [1.54, 1.807) is 12.1 Å². The maximum absolute atomic E-state index is 12.8. The largest absolute Gasteiger partial charge is 0.454 e. The molecule has 4 N–H and O–H groups in total. The van der Waals surface area contributed by atoms with Gasteiger partial charge in [-0.2, -0.15) is 28.1 Å². The first-order valence-corrected chi connectivity index (χ1v) is 16.1. The number of benzene rings is 1. The number of allylic oxidation sites excluding steroid dienone is 3. The number of carbonyl (C=O) groups is 2. The lowest BCUT2D eigenvalue weighted by atomic mass is 9.96. The van der Waals surface area contributed by atoms with Crippen LogP contribution in [0, 0.1) is 0 Å². The summed E-state index contributed by atoms with van der Waals surface area (Å²) in [5.74, 6) is -1.11. The fraction of sp³-hybridized carbons (Fsp3) is 0.464. The summed E-state index contributed by atoms with van der Waals surface area (Å²) in [7, 11) is -3.72. The Kier molecular flexibility index (Phi) is 10.6. The Morgan fingerprint density at radius 2 is 1.73 bits per heavy atom. The predicted molar refractivity (Wildman–Crippen MR) is 162 cm³/mol. The average Bonchev–Trinajstić information content (AvgIpc) is 3.74. The first-order valence-electron chi connectivity index (χ1n) is 14.1. The molecule has 2 aliphatic carbocycles. The number of nitrogens with one attached hydrogen (secondary N) is 4. The molecule has 45 heavy (non-hydrogen) atoms. The normalized spacial score (nSPS) is 15.9. The van der Waals surface area contributed by atoms with Gasteiger partial charge in [-0.05, 0) is 81.9 Å². The van der Waals surface area contributed by atoms with Crippen LogP contribution in [0.15, 0.2) is 47.0 Å². The Morgan fingerprint density at radius 3 is 2.33 bits per heavy atom. The summed E-state index contributed by atoms with van der Waals surface area (Å²) in [5, 5.41) is 8.79. The lowest BCUT2D eigenvalue weighted by Crippen LogP contribution is -2.36. The summed E-state index contributed by atoms with van der Waals surface area (Å²) in [4.78, 5) is 36.7. The van der Waals surface area contributed by atoms with Crippen LogP contribution >= 0.6 is 11.6 Å². The number of alkyl halides is 3. The van der Waals surface area contributed by atoms with Gasteiger partial charge in [0.1, 0.15) is 0 Å². The number of ether oxygens (including phenoxy) is 1. The van der Waals surface area contributed by atoms with Gasteiger partial charge in [-0.25, -0.2) is 8.42 Å². The van der Waals surface area contributed by atoms with Crippen molar-refractivity contribution in [2.24, 2.45) is 0 Å². The van der Waals surface area contributed by atoms with E-state index in [4.69, 9.17) is 16.3 Å². The molecule has 1 aromatic carbocycles. The average molecular weight is 672 g/mol. The van der Waals surface area contributed by atoms with Crippen molar-refractivity contribution in [1.82, 2.24) is 25.0 Å². The van der Waals surface area contributed by atoms with E-state index in [9.17, 15) is 31.2 Å². The number of anilines is 3. The maximum Gasteiger partial charge on any atom is 0.422 e. The van der Waals surface area contributed by atoms with Crippen LogP contribution in [-0.4, -0.2) is 65.3 Å². The molecule has 0 spiro atoms. The lowest BCUT2D eigenvalue weighted by molar-refractivity contribution is -0.154. The lowest BCUT2D eigenvalue weighted by Gasteiger charge is -2.23. The third-order valence-electron chi connectivity index (χ3n) is 6.94. The van der Waals surface area contributed by atoms with Gasteiger partial charge in [0.2, 0.25) is 27.8 Å². The summed E-state index contributed by atoms with van der Waals surface area (Å²) in [6.45, 7) is 1.46. The zero-order valence-electron chi connectivity index (χ0n) is 24.5. The molecule has 0 radical (unpaired) electrons. The molecule has 12 nitrogen and oxygen atoms in total. The second-order valence-electron chi connectivity index (χ2n) is 10.9. The first-order chi connectivity index (χ1) is 21.1. The number of aromatic nitrogens is 3. The van der Waals surface area contributed by atoms with Crippen LogP contribution < -0.4 is 25.4 Å². The number of nitrogens with zero attached hydrogens (tertiary/aromatic N) is 3. The monoisotopic (exact) mass is 671 g/mol. The Morgan fingerprint density at radius 1 is 1.04 bits per heavy atom. The first kappa shape index (κ1) is 34.0. The van der Waals surface area contributed by atoms with Crippen molar-refractivity contribution in [3.8, 4) is 6.01 Å². The van der Waals surface area contributed by atoms with Crippen molar-refractivity contribution >= 4 is 51.0 Å². The molecular weight excluding hydrogens is 639 g/mol. The van der Waals surface area contributed by atoms with E-state index < -0.39 is 51.4 Å². The van der Waals surface area contributed by atoms with E-state index in [1.165, 1.54) is 26.0 Å². The van der Waals surface area contributed by atoms with Gasteiger partial charge < -0.3 is 20.7 Å². The molecule has 17 heteroatoms. The van der Waals surface area contributed by atoms with E-state index >= 15 is 0 Å². The molecule has 0 bridgehead atoms. The molecule has 2 aliphatic rings. The topological polar surface area (TPSA) is 164 Å². The molecule has 0 unspecified atom stereocenters. The standard InChI is InChI=1S/C28H33ClF3N7O5S/c1-17(2)45(42,43)39-22(40)4-3-15-33-23(41)18-5-11-21(12-6-18)34-24-35-25(37-26(36-24)44-16-28(30,31)32)38-27(13-14-27)19-7-9-20(29)10-8-19/h5-7,9,11-12,17H,3-4,8,10,13-16H2,1-2H3,(H,33,41)(H,39,40)(H2,34,35,36,37,38). The molecule has 1 heterocycles. The third kappa shape index (κ3) is 10.0. The molecule has 2 aromatic rings. The van der Waals surface area contributed by atoms with Gasteiger partial charge in [0.25, 0.3) is 5.91 Å². The summed E-state index contributed by atoms with van der Waals surface area (Å²) >= 11 is 6.09. The fourth-order valence-electron chi connectivity index (χ4n) is 4.27. The summed E-state index contributed by atoms with van der Waals surface area (Å²) in [5.41, 5.74) is 1.39. The van der Waals surface area contributed by atoms with Crippen LogP contribution in [0.2, 0.25) is 0 Å². The number of sulfonamides is 1. The highest BCUT2D eigenvalue weighted by atomic mass is 35.5. The second kappa shape index (κ2) is 14.0. The van der Waals surface area contributed by atoms with Crippen LogP contribution in [0.1, 0.15) is 62.7 Å². The van der Waals surface area contributed by atoms with Gasteiger partial charge in [-0.15, -0.1) is 0 Å².